The number of nitrogens with two attached hydrogens (primary N) is 1. The predicted octanol–water partition coefficient (Wildman–Crippen LogP) is 1.52. The van der Waals surface area contributed by atoms with Gasteiger partial charge in [-0.2, -0.15) is 0 Å². The highest BCUT2D eigenvalue weighted by Crippen LogP contribution is 2.39. The third-order valence-electron chi connectivity index (χ3n) is 3.44. The molecule has 1 unspecified atom stereocenters. The van der Waals surface area contributed by atoms with E-state index in [0.29, 0.717) is 18.4 Å². The average molecular weight is 212 g/mol. The fraction of sp³-hybridized carbons (Fsp3) is 0.917. The molecule has 0 aliphatic heterocycles. The second kappa shape index (κ2) is 4.52. The summed E-state index contributed by atoms with van der Waals surface area (Å²) in [5, 5.41) is 3.13. The number of amides is 1. The van der Waals surface area contributed by atoms with Gasteiger partial charge in [0.2, 0.25) is 5.91 Å². The zero-order valence-electron chi connectivity index (χ0n) is 10.3. The van der Waals surface area contributed by atoms with E-state index < -0.39 is 0 Å². The summed E-state index contributed by atoms with van der Waals surface area (Å²) in [6, 6.07) is 0. The molecule has 0 aromatic carbocycles. The molecule has 3 N–H and O–H groups in total. The Morgan fingerprint density at radius 2 is 2.00 bits per heavy atom. The molecule has 0 aromatic heterocycles. The largest absolute Gasteiger partial charge is 0.351 e. The highest BCUT2D eigenvalue weighted by Gasteiger charge is 2.39. The number of rotatable bonds is 5. The summed E-state index contributed by atoms with van der Waals surface area (Å²) in [4.78, 5) is 12.0. The summed E-state index contributed by atoms with van der Waals surface area (Å²) in [5.74, 6) is 1.03. The van der Waals surface area contributed by atoms with Gasteiger partial charge >= 0.3 is 0 Å². The van der Waals surface area contributed by atoms with Crippen LogP contribution in [0.1, 0.15) is 40.5 Å². The summed E-state index contributed by atoms with van der Waals surface area (Å²) in [6.07, 6.45) is 2.48. The molecule has 0 aromatic rings. The quantitative estimate of drug-likeness (QED) is 0.726. The molecule has 1 saturated carbocycles. The summed E-state index contributed by atoms with van der Waals surface area (Å²) >= 11 is 0. The van der Waals surface area contributed by atoms with Crippen LogP contribution in [0.4, 0.5) is 0 Å². The van der Waals surface area contributed by atoms with Crippen LogP contribution < -0.4 is 11.1 Å². The molecule has 0 radical (unpaired) electrons. The first-order valence-corrected chi connectivity index (χ1v) is 5.90. The number of hydrogen-bond acceptors (Lipinski definition) is 2. The van der Waals surface area contributed by atoms with Crippen molar-refractivity contribution in [1.82, 2.24) is 5.32 Å². The first kappa shape index (κ1) is 12.5. The molecule has 3 nitrogen and oxygen atoms in total. The van der Waals surface area contributed by atoms with Crippen molar-refractivity contribution in [2.24, 2.45) is 23.5 Å². The molecule has 1 fully saturated rings. The smallest absolute Gasteiger partial charge is 0.225 e. The third-order valence-corrected chi connectivity index (χ3v) is 3.44. The van der Waals surface area contributed by atoms with Crippen LogP contribution in [0.15, 0.2) is 0 Å². The molecule has 88 valence electrons. The van der Waals surface area contributed by atoms with Crippen molar-refractivity contribution in [3.63, 3.8) is 0 Å². The Morgan fingerprint density at radius 3 is 2.33 bits per heavy atom. The zero-order chi connectivity index (χ0) is 11.6. The molecule has 3 heteroatoms. The molecule has 1 aliphatic rings. The highest BCUT2D eigenvalue weighted by molar-refractivity contribution is 5.79. The van der Waals surface area contributed by atoms with Gasteiger partial charge in [0, 0.05) is 12.1 Å². The molecular formula is C12H24N2O. The highest BCUT2D eigenvalue weighted by atomic mass is 16.2. The van der Waals surface area contributed by atoms with Crippen molar-refractivity contribution >= 4 is 5.91 Å². The van der Waals surface area contributed by atoms with Gasteiger partial charge in [-0.3, -0.25) is 4.79 Å². The Kier molecular flexibility index (Phi) is 3.77. The maximum atomic E-state index is 12.0. The Labute approximate surface area is 92.8 Å². The summed E-state index contributed by atoms with van der Waals surface area (Å²) in [7, 11) is 0. The van der Waals surface area contributed by atoms with E-state index in [1.54, 1.807) is 0 Å². The zero-order valence-corrected chi connectivity index (χ0v) is 10.3. The standard InChI is InChI=1S/C12H24N2O/c1-8(2)10(7-13)11(15)14-12(3,4)9-5-6-9/h8-10H,5-7,13H2,1-4H3,(H,14,15). The summed E-state index contributed by atoms with van der Waals surface area (Å²) < 4.78 is 0. The van der Waals surface area contributed by atoms with Gasteiger partial charge in [-0.1, -0.05) is 13.8 Å². The molecule has 0 spiro atoms. The lowest BCUT2D eigenvalue weighted by Crippen LogP contribution is -2.50. The molecule has 1 amide bonds. The van der Waals surface area contributed by atoms with Crippen molar-refractivity contribution in [2.45, 2.75) is 46.1 Å². The van der Waals surface area contributed by atoms with Gasteiger partial charge < -0.3 is 11.1 Å². The van der Waals surface area contributed by atoms with Crippen LogP contribution in [0, 0.1) is 17.8 Å². The average Bonchev–Trinajstić information content (AvgIpc) is 2.84. The minimum atomic E-state index is -0.0562. The van der Waals surface area contributed by atoms with E-state index in [1.807, 2.05) is 13.8 Å². The van der Waals surface area contributed by atoms with Gasteiger partial charge in [0.15, 0.2) is 0 Å². The molecule has 0 heterocycles. The van der Waals surface area contributed by atoms with Gasteiger partial charge in [0.05, 0.1) is 5.92 Å². The van der Waals surface area contributed by atoms with Crippen LogP contribution in [-0.2, 0) is 4.79 Å². The monoisotopic (exact) mass is 212 g/mol. The molecule has 0 bridgehead atoms. The van der Waals surface area contributed by atoms with Gasteiger partial charge in [-0.25, -0.2) is 0 Å². The van der Waals surface area contributed by atoms with Crippen LogP contribution in [0.3, 0.4) is 0 Å². The minimum absolute atomic E-state index is 0.0528. The van der Waals surface area contributed by atoms with E-state index in [-0.39, 0.29) is 17.4 Å². The van der Waals surface area contributed by atoms with Crippen molar-refractivity contribution < 1.29 is 4.79 Å². The second-order valence-electron chi connectivity index (χ2n) is 5.57. The molecule has 0 saturated heterocycles. The van der Waals surface area contributed by atoms with Crippen molar-refractivity contribution in [1.29, 1.82) is 0 Å². The Morgan fingerprint density at radius 1 is 1.47 bits per heavy atom. The molecule has 1 rings (SSSR count). The van der Waals surface area contributed by atoms with E-state index in [9.17, 15) is 4.79 Å². The first-order chi connectivity index (χ1) is 6.88. The number of hydrogen-bond donors (Lipinski definition) is 2. The van der Waals surface area contributed by atoms with Gasteiger partial charge in [-0.05, 0) is 38.5 Å². The lowest BCUT2D eigenvalue weighted by molar-refractivity contribution is -0.127. The van der Waals surface area contributed by atoms with E-state index in [0.717, 1.165) is 0 Å². The van der Waals surface area contributed by atoms with Crippen LogP contribution in [0.2, 0.25) is 0 Å². The summed E-state index contributed by atoms with van der Waals surface area (Å²) in [6.45, 7) is 8.74. The minimum Gasteiger partial charge on any atom is -0.351 e. The van der Waals surface area contributed by atoms with E-state index >= 15 is 0 Å². The fourth-order valence-corrected chi connectivity index (χ4v) is 2.00. The molecular weight excluding hydrogens is 188 g/mol. The van der Waals surface area contributed by atoms with Gasteiger partial charge in [-0.15, -0.1) is 0 Å². The lowest BCUT2D eigenvalue weighted by atomic mass is 9.92. The molecule has 1 atom stereocenters. The van der Waals surface area contributed by atoms with E-state index in [2.05, 4.69) is 19.2 Å². The third kappa shape index (κ3) is 3.20. The Hall–Kier alpha value is -0.570. The van der Waals surface area contributed by atoms with Crippen molar-refractivity contribution in [2.75, 3.05) is 6.54 Å². The SMILES string of the molecule is CC(C)C(CN)C(=O)NC(C)(C)C1CC1. The predicted molar refractivity (Wildman–Crippen MR) is 62.3 cm³/mol. The maximum absolute atomic E-state index is 12.0. The summed E-state index contributed by atoms with van der Waals surface area (Å²) in [5.41, 5.74) is 5.57. The lowest BCUT2D eigenvalue weighted by Gasteiger charge is -2.29. The number of nitrogens with one attached hydrogen (secondary N) is 1. The van der Waals surface area contributed by atoms with Crippen LogP contribution in [-0.4, -0.2) is 18.0 Å². The maximum Gasteiger partial charge on any atom is 0.225 e. The molecule has 1 aliphatic carbocycles. The topological polar surface area (TPSA) is 55.1 Å². The van der Waals surface area contributed by atoms with E-state index in [4.69, 9.17) is 5.73 Å². The number of carbonyl (C=O) groups excluding carboxylic acids is 1. The van der Waals surface area contributed by atoms with Crippen LogP contribution in [0.25, 0.3) is 0 Å². The second-order valence-corrected chi connectivity index (χ2v) is 5.57. The Balaban J connectivity index is 2.52. The normalized spacial score (nSPS) is 19.1. The van der Waals surface area contributed by atoms with Gasteiger partial charge in [0.1, 0.15) is 0 Å². The van der Waals surface area contributed by atoms with Crippen molar-refractivity contribution in [3.8, 4) is 0 Å². The molecule has 15 heavy (non-hydrogen) atoms. The van der Waals surface area contributed by atoms with Crippen molar-refractivity contribution in [3.05, 3.63) is 0 Å². The number of carbonyl (C=O) groups is 1. The Bertz CT molecular complexity index is 232. The van der Waals surface area contributed by atoms with Crippen LogP contribution in [0.5, 0.6) is 0 Å². The van der Waals surface area contributed by atoms with Gasteiger partial charge in [0.25, 0.3) is 0 Å². The first-order valence-electron chi connectivity index (χ1n) is 5.90. The fourth-order valence-electron chi connectivity index (χ4n) is 2.00. The van der Waals surface area contributed by atoms with E-state index in [1.165, 1.54) is 12.8 Å². The van der Waals surface area contributed by atoms with Crippen LogP contribution >= 0.6 is 0 Å².